The number of aliphatic hydroxyl groups is 1. The van der Waals surface area contributed by atoms with Crippen LogP contribution in [0.15, 0.2) is 6.07 Å². The summed E-state index contributed by atoms with van der Waals surface area (Å²) < 4.78 is 0. The molecule has 102 valence electrons. The fourth-order valence-electron chi connectivity index (χ4n) is 1.50. The zero-order valence-electron chi connectivity index (χ0n) is 11.3. The molecule has 0 spiro atoms. The normalized spacial score (nSPS) is 12.5. The van der Waals surface area contributed by atoms with E-state index in [2.05, 4.69) is 27.5 Å². The van der Waals surface area contributed by atoms with Gasteiger partial charge in [0.05, 0.1) is 12.6 Å². The molecule has 0 aliphatic carbocycles. The number of hydrogen-bond acceptors (Lipinski definition) is 6. The average Bonchev–Trinajstić information content (AvgIpc) is 2.32. The highest BCUT2D eigenvalue weighted by Crippen LogP contribution is 2.15. The highest BCUT2D eigenvalue weighted by atomic mass is 16.3. The number of rotatable bonds is 7. The van der Waals surface area contributed by atoms with E-state index < -0.39 is 0 Å². The molecule has 0 radical (unpaired) electrons. The molecule has 6 heteroatoms. The van der Waals surface area contributed by atoms with Crippen LogP contribution in [0.4, 0.5) is 17.6 Å². The summed E-state index contributed by atoms with van der Waals surface area (Å²) >= 11 is 0. The fourth-order valence-corrected chi connectivity index (χ4v) is 1.50. The molecule has 6 nitrogen and oxygen atoms in total. The van der Waals surface area contributed by atoms with Gasteiger partial charge in [-0.1, -0.05) is 20.8 Å². The van der Waals surface area contributed by atoms with E-state index in [1.54, 1.807) is 6.07 Å². The van der Waals surface area contributed by atoms with Crippen LogP contribution in [-0.2, 0) is 0 Å². The third-order valence-electron chi connectivity index (χ3n) is 2.63. The largest absolute Gasteiger partial charge is 0.394 e. The Morgan fingerprint density at radius 2 is 2.00 bits per heavy atom. The highest BCUT2D eigenvalue weighted by molar-refractivity contribution is 5.51. The Morgan fingerprint density at radius 1 is 1.33 bits per heavy atom. The third kappa shape index (κ3) is 4.37. The maximum atomic E-state index is 9.29. The number of aromatic nitrogens is 2. The van der Waals surface area contributed by atoms with Crippen LogP contribution in [0.5, 0.6) is 0 Å². The van der Waals surface area contributed by atoms with E-state index in [1.165, 1.54) is 0 Å². The second kappa shape index (κ2) is 7.00. The first-order valence-corrected chi connectivity index (χ1v) is 6.32. The monoisotopic (exact) mass is 253 g/mol. The van der Waals surface area contributed by atoms with E-state index in [0.717, 1.165) is 13.0 Å². The summed E-state index contributed by atoms with van der Waals surface area (Å²) in [5.74, 6) is 1.86. The van der Waals surface area contributed by atoms with Crippen LogP contribution in [0.1, 0.15) is 27.2 Å². The molecule has 5 N–H and O–H groups in total. The topological polar surface area (TPSA) is 96.1 Å². The van der Waals surface area contributed by atoms with Crippen molar-refractivity contribution >= 4 is 17.6 Å². The van der Waals surface area contributed by atoms with Crippen molar-refractivity contribution in [1.29, 1.82) is 0 Å². The fraction of sp³-hybridized carbons (Fsp3) is 0.667. The molecule has 1 unspecified atom stereocenters. The number of nitrogens with one attached hydrogen (secondary N) is 2. The molecule has 1 aromatic heterocycles. The van der Waals surface area contributed by atoms with Gasteiger partial charge in [-0.25, -0.2) is 0 Å². The van der Waals surface area contributed by atoms with Gasteiger partial charge in [0, 0.05) is 12.6 Å². The van der Waals surface area contributed by atoms with Gasteiger partial charge in [0.1, 0.15) is 11.6 Å². The van der Waals surface area contributed by atoms with Crippen molar-refractivity contribution in [2.45, 2.75) is 33.2 Å². The minimum atomic E-state index is -0.0432. The summed E-state index contributed by atoms with van der Waals surface area (Å²) in [5.41, 5.74) is 5.66. The van der Waals surface area contributed by atoms with Gasteiger partial charge < -0.3 is 21.5 Å². The molecule has 0 aliphatic rings. The van der Waals surface area contributed by atoms with Gasteiger partial charge in [0.15, 0.2) is 0 Å². The molecule has 0 saturated carbocycles. The predicted molar refractivity (Wildman–Crippen MR) is 74.6 cm³/mol. The number of nitrogens with zero attached hydrogens (tertiary/aromatic N) is 2. The summed E-state index contributed by atoms with van der Waals surface area (Å²) in [6.07, 6.45) is 1.01. The lowest BCUT2D eigenvalue weighted by Gasteiger charge is -2.20. The summed E-state index contributed by atoms with van der Waals surface area (Å²) in [6.45, 7) is 7.05. The van der Waals surface area contributed by atoms with Gasteiger partial charge in [-0.3, -0.25) is 0 Å². The molecular weight excluding hydrogens is 230 g/mol. The quantitative estimate of drug-likeness (QED) is 0.585. The van der Waals surface area contributed by atoms with Crippen LogP contribution in [-0.4, -0.2) is 34.3 Å². The van der Waals surface area contributed by atoms with Crippen molar-refractivity contribution in [2.75, 3.05) is 29.5 Å². The molecule has 0 aliphatic heterocycles. The SMILES string of the molecule is CCCNc1cc(NC(CO)C(C)C)nc(N)n1. The number of hydrogen-bond donors (Lipinski definition) is 4. The maximum absolute atomic E-state index is 9.29. The second-order valence-electron chi connectivity index (χ2n) is 4.60. The van der Waals surface area contributed by atoms with Gasteiger partial charge in [-0.15, -0.1) is 0 Å². The Hall–Kier alpha value is -1.56. The smallest absolute Gasteiger partial charge is 0.223 e. The van der Waals surface area contributed by atoms with Crippen molar-refractivity contribution in [3.8, 4) is 0 Å². The molecule has 0 bridgehead atoms. The molecule has 1 atom stereocenters. The van der Waals surface area contributed by atoms with Gasteiger partial charge >= 0.3 is 0 Å². The third-order valence-corrected chi connectivity index (χ3v) is 2.63. The molecule has 1 aromatic rings. The first kappa shape index (κ1) is 14.5. The molecular formula is C12H23N5O. The minimum Gasteiger partial charge on any atom is -0.394 e. The Kier molecular flexibility index (Phi) is 5.64. The Bertz CT molecular complexity index is 369. The summed E-state index contributed by atoms with van der Waals surface area (Å²) in [6, 6.07) is 1.76. The van der Waals surface area contributed by atoms with Crippen molar-refractivity contribution in [3.05, 3.63) is 6.07 Å². The van der Waals surface area contributed by atoms with E-state index in [9.17, 15) is 5.11 Å². The zero-order chi connectivity index (χ0) is 13.5. The Labute approximate surface area is 108 Å². The predicted octanol–water partition coefficient (Wildman–Crippen LogP) is 1.31. The van der Waals surface area contributed by atoms with Crippen molar-refractivity contribution in [2.24, 2.45) is 5.92 Å². The highest BCUT2D eigenvalue weighted by Gasteiger charge is 2.13. The zero-order valence-corrected chi connectivity index (χ0v) is 11.3. The van der Waals surface area contributed by atoms with Crippen molar-refractivity contribution in [1.82, 2.24) is 9.97 Å². The Morgan fingerprint density at radius 3 is 2.56 bits per heavy atom. The van der Waals surface area contributed by atoms with E-state index >= 15 is 0 Å². The van der Waals surface area contributed by atoms with E-state index in [4.69, 9.17) is 5.73 Å². The lowest BCUT2D eigenvalue weighted by atomic mass is 10.1. The summed E-state index contributed by atoms with van der Waals surface area (Å²) in [5, 5.41) is 15.6. The lowest BCUT2D eigenvalue weighted by Crippen LogP contribution is -2.30. The molecule has 0 amide bonds. The first-order valence-electron chi connectivity index (χ1n) is 6.32. The molecule has 0 fully saturated rings. The van der Waals surface area contributed by atoms with Crippen molar-refractivity contribution in [3.63, 3.8) is 0 Å². The molecule has 0 saturated heterocycles. The maximum Gasteiger partial charge on any atom is 0.223 e. The van der Waals surface area contributed by atoms with Crippen LogP contribution in [0.25, 0.3) is 0 Å². The summed E-state index contributed by atoms with van der Waals surface area (Å²) in [7, 11) is 0. The average molecular weight is 253 g/mol. The first-order chi connectivity index (χ1) is 8.56. The lowest BCUT2D eigenvalue weighted by molar-refractivity contribution is 0.249. The van der Waals surface area contributed by atoms with Crippen LogP contribution in [0.2, 0.25) is 0 Å². The van der Waals surface area contributed by atoms with Crippen LogP contribution in [0.3, 0.4) is 0 Å². The molecule has 1 heterocycles. The van der Waals surface area contributed by atoms with Crippen LogP contribution in [0, 0.1) is 5.92 Å². The second-order valence-corrected chi connectivity index (χ2v) is 4.60. The minimum absolute atomic E-state index is 0.0432. The van der Waals surface area contributed by atoms with Gasteiger partial charge in [-0.2, -0.15) is 9.97 Å². The number of anilines is 3. The van der Waals surface area contributed by atoms with E-state index in [1.807, 2.05) is 13.8 Å². The summed E-state index contributed by atoms with van der Waals surface area (Å²) in [4.78, 5) is 8.22. The standard InChI is InChI=1S/C12H23N5O/c1-4-5-14-10-6-11(17-12(13)16-10)15-9(7-18)8(2)3/h6,8-9,18H,4-5,7H2,1-3H3,(H4,13,14,15,16,17). The van der Waals surface area contributed by atoms with Gasteiger partial charge in [-0.05, 0) is 12.3 Å². The van der Waals surface area contributed by atoms with Crippen molar-refractivity contribution < 1.29 is 5.11 Å². The number of aliphatic hydroxyl groups excluding tert-OH is 1. The Balaban J connectivity index is 2.78. The van der Waals surface area contributed by atoms with E-state index in [0.29, 0.717) is 17.6 Å². The number of nitrogens with two attached hydrogens (primary N) is 1. The molecule has 18 heavy (non-hydrogen) atoms. The number of nitrogen functional groups attached to an aromatic ring is 1. The van der Waals surface area contributed by atoms with Gasteiger partial charge in [0.25, 0.3) is 0 Å². The van der Waals surface area contributed by atoms with Crippen LogP contribution < -0.4 is 16.4 Å². The van der Waals surface area contributed by atoms with E-state index in [-0.39, 0.29) is 18.6 Å². The van der Waals surface area contributed by atoms with Crippen LogP contribution >= 0.6 is 0 Å². The van der Waals surface area contributed by atoms with Gasteiger partial charge in [0.2, 0.25) is 5.95 Å². The molecule has 1 rings (SSSR count). The molecule has 0 aromatic carbocycles.